The van der Waals surface area contributed by atoms with E-state index in [1.54, 1.807) is 0 Å². The predicted octanol–water partition coefficient (Wildman–Crippen LogP) is -2.93. The Hall–Kier alpha value is -0.730. The van der Waals surface area contributed by atoms with Crippen LogP contribution in [0.1, 0.15) is 0 Å². The number of quaternary nitrogens is 1. The van der Waals surface area contributed by atoms with Crippen molar-refractivity contribution < 1.29 is 20.7 Å². The van der Waals surface area contributed by atoms with Crippen molar-refractivity contribution in [2.24, 2.45) is 5.73 Å². The molecule has 0 fully saturated rings. The third-order valence-electron chi connectivity index (χ3n) is 0.823. The molecule has 0 aromatic heterocycles. The first-order valence-corrected chi connectivity index (χ1v) is 2.47. The molecule has 10 heavy (non-hydrogen) atoms. The summed E-state index contributed by atoms with van der Waals surface area (Å²) in [5.41, 5.74) is 5.02. The zero-order valence-corrected chi connectivity index (χ0v) is 5.10. The van der Waals surface area contributed by atoms with Gasteiger partial charge in [-0.25, -0.2) is 0 Å². The molecule has 1 atom stereocenters. The minimum absolute atomic E-state index is 0.0861. The third kappa shape index (κ3) is 3.33. The fourth-order valence-electron chi connectivity index (χ4n) is 0.323. The fraction of sp³-hybridized carbons (Fsp3) is 0.667. The molecule has 0 spiro atoms. The molecule has 7 nitrogen and oxygen atoms in total. The van der Waals surface area contributed by atoms with E-state index < -0.39 is 18.6 Å². The van der Waals surface area contributed by atoms with Crippen LogP contribution in [-0.2, 0) is 4.79 Å². The zero-order chi connectivity index (χ0) is 8.15. The van der Waals surface area contributed by atoms with Gasteiger partial charge in [-0.2, -0.15) is 0 Å². The van der Waals surface area contributed by atoms with Gasteiger partial charge in [0.15, 0.2) is 0 Å². The van der Waals surface area contributed by atoms with E-state index in [0.717, 1.165) is 0 Å². The van der Waals surface area contributed by atoms with Crippen LogP contribution in [0, 0.1) is 5.21 Å². The maximum absolute atomic E-state index is 9.97. The molecule has 0 rings (SSSR count). The van der Waals surface area contributed by atoms with Gasteiger partial charge in [-0.1, -0.05) is 0 Å². The molecule has 7 heteroatoms. The van der Waals surface area contributed by atoms with E-state index in [4.69, 9.17) is 16.0 Å². The number of aliphatic carboxylic acids is 1. The molecule has 6 N–H and O–H groups in total. The standard InChI is InChI=1S/C3H9N3O4/c4-2(3(7)8)1-6(10)5-9/h2,10H,1,4-5H2,(H,7,8)/t2-/m0/s1. The Bertz CT molecular complexity index is 118. The first-order chi connectivity index (χ1) is 4.57. The second kappa shape index (κ2) is 4.14. The smallest absolute Gasteiger partial charge is 0.322 e. The lowest BCUT2D eigenvalue weighted by molar-refractivity contribution is -0.815. The van der Waals surface area contributed by atoms with Crippen LogP contribution in [0.5, 0.6) is 0 Å². The Balaban J connectivity index is 3.56. The van der Waals surface area contributed by atoms with E-state index in [0.29, 0.717) is 0 Å². The average Bonchev–Trinajstić information content (AvgIpc) is 1.87. The summed E-state index contributed by atoms with van der Waals surface area (Å²) in [6.45, 7) is -0.404. The molecule has 0 aromatic carbocycles. The monoisotopic (exact) mass is 151 g/mol. The highest BCUT2D eigenvalue weighted by Gasteiger charge is 2.15. The van der Waals surface area contributed by atoms with E-state index in [1.165, 1.54) is 0 Å². The Labute approximate surface area is 56.5 Å². The Morgan fingerprint density at radius 2 is 2.40 bits per heavy atom. The van der Waals surface area contributed by atoms with Gasteiger partial charge in [-0.05, 0) is 5.17 Å². The van der Waals surface area contributed by atoms with E-state index in [-0.39, 0.29) is 10.8 Å². The topological polar surface area (TPSA) is 126 Å². The van der Waals surface area contributed by atoms with Crippen LogP contribution in [-0.4, -0.2) is 34.0 Å². The van der Waals surface area contributed by atoms with Crippen molar-refractivity contribution in [3.63, 3.8) is 0 Å². The van der Waals surface area contributed by atoms with Crippen LogP contribution in [0.4, 0.5) is 0 Å². The fourth-order valence-corrected chi connectivity index (χ4v) is 0.323. The molecule has 0 unspecified atom stereocenters. The number of nitrogens with zero attached hydrogens (tertiary/aromatic N) is 1. The number of rotatable bonds is 4. The molecule has 0 aliphatic rings. The SMILES string of the molecule is N[C@@H](CN(O)[NH2+][O-])C(=O)O. The molecule has 0 radical (unpaired) electrons. The van der Waals surface area contributed by atoms with Gasteiger partial charge in [-0.3, -0.25) is 15.6 Å². The number of carboxylic acid groups (broad SMARTS) is 1. The van der Waals surface area contributed by atoms with E-state index in [1.807, 2.05) is 0 Å². The van der Waals surface area contributed by atoms with Crippen molar-refractivity contribution in [1.29, 1.82) is 0 Å². The van der Waals surface area contributed by atoms with Crippen LogP contribution < -0.4 is 11.3 Å². The maximum atomic E-state index is 9.97. The zero-order valence-electron chi connectivity index (χ0n) is 5.10. The number of carboxylic acids is 1. The Morgan fingerprint density at radius 1 is 1.90 bits per heavy atom. The van der Waals surface area contributed by atoms with Gasteiger partial charge in [0.05, 0.1) is 0 Å². The summed E-state index contributed by atoms with van der Waals surface area (Å²) in [5.74, 6) is -1.26. The summed E-state index contributed by atoms with van der Waals surface area (Å²) in [7, 11) is 0. The van der Waals surface area contributed by atoms with Crippen molar-refractivity contribution >= 4 is 5.97 Å². The van der Waals surface area contributed by atoms with Gasteiger partial charge in [0.1, 0.15) is 12.6 Å². The number of nitrogens with two attached hydrogens (primary N) is 2. The highest BCUT2D eigenvalue weighted by molar-refractivity contribution is 5.73. The molecule has 0 amide bonds. The number of hydrogen-bond acceptors (Lipinski definition) is 5. The molecule has 0 aromatic rings. The highest BCUT2D eigenvalue weighted by atomic mass is 16.7. The van der Waals surface area contributed by atoms with Crippen LogP contribution in [0.15, 0.2) is 0 Å². The summed E-state index contributed by atoms with van der Waals surface area (Å²) < 4.78 is 0. The molecule has 0 bridgehead atoms. The third-order valence-corrected chi connectivity index (χ3v) is 0.823. The van der Waals surface area contributed by atoms with E-state index in [9.17, 15) is 10.0 Å². The average molecular weight is 151 g/mol. The van der Waals surface area contributed by atoms with E-state index in [2.05, 4.69) is 0 Å². The Morgan fingerprint density at radius 3 is 2.70 bits per heavy atom. The summed E-state index contributed by atoms with van der Waals surface area (Å²) in [5, 5.41) is 26.4. The largest absolute Gasteiger partial charge is 0.613 e. The summed E-state index contributed by atoms with van der Waals surface area (Å²) in [4.78, 5) is 9.97. The highest BCUT2D eigenvalue weighted by Crippen LogP contribution is 1.77. The summed E-state index contributed by atoms with van der Waals surface area (Å²) in [6, 6.07) is -1.24. The van der Waals surface area contributed by atoms with Crippen LogP contribution in [0.25, 0.3) is 0 Å². The lowest BCUT2D eigenvalue weighted by atomic mass is 10.3. The first kappa shape index (κ1) is 9.27. The maximum Gasteiger partial charge on any atom is 0.322 e. The van der Waals surface area contributed by atoms with Crippen LogP contribution >= 0.6 is 0 Å². The first-order valence-electron chi connectivity index (χ1n) is 2.47. The van der Waals surface area contributed by atoms with Gasteiger partial charge in [0.2, 0.25) is 0 Å². The predicted molar refractivity (Wildman–Crippen MR) is 29.4 cm³/mol. The second-order valence-electron chi connectivity index (χ2n) is 1.67. The molecular weight excluding hydrogens is 142 g/mol. The van der Waals surface area contributed by atoms with Crippen molar-refractivity contribution in [1.82, 2.24) is 5.17 Å². The second-order valence-corrected chi connectivity index (χ2v) is 1.67. The summed E-state index contributed by atoms with van der Waals surface area (Å²) in [6.07, 6.45) is 0. The van der Waals surface area contributed by atoms with E-state index >= 15 is 0 Å². The number of carbonyl (C=O) groups is 1. The number of hydroxylamine groups is 1. The molecular formula is C3H9N3O4. The number of hydrogen-bond donors (Lipinski definition) is 4. The molecule has 0 aliphatic carbocycles. The minimum Gasteiger partial charge on any atom is -0.613 e. The van der Waals surface area contributed by atoms with Crippen molar-refractivity contribution in [3.8, 4) is 0 Å². The van der Waals surface area contributed by atoms with Crippen molar-refractivity contribution in [2.75, 3.05) is 6.54 Å². The molecule has 60 valence electrons. The van der Waals surface area contributed by atoms with Gasteiger partial charge in [0, 0.05) is 0 Å². The quantitative estimate of drug-likeness (QED) is 0.251. The Kier molecular flexibility index (Phi) is 3.84. The normalized spacial score (nSPS) is 13.6. The van der Waals surface area contributed by atoms with Crippen LogP contribution in [0.2, 0.25) is 0 Å². The minimum atomic E-state index is -1.26. The lowest BCUT2D eigenvalue weighted by Gasteiger charge is -2.14. The van der Waals surface area contributed by atoms with Gasteiger partial charge in [0.25, 0.3) is 0 Å². The summed E-state index contributed by atoms with van der Waals surface area (Å²) >= 11 is 0. The molecule has 0 aliphatic heterocycles. The van der Waals surface area contributed by atoms with Gasteiger partial charge >= 0.3 is 5.97 Å². The van der Waals surface area contributed by atoms with Gasteiger partial charge < -0.3 is 16.0 Å². The van der Waals surface area contributed by atoms with Crippen molar-refractivity contribution in [3.05, 3.63) is 5.21 Å². The lowest BCUT2D eigenvalue weighted by Crippen LogP contribution is -2.88. The van der Waals surface area contributed by atoms with Crippen LogP contribution in [0.3, 0.4) is 0 Å². The molecule has 0 saturated carbocycles. The van der Waals surface area contributed by atoms with Crippen molar-refractivity contribution in [2.45, 2.75) is 6.04 Å². The van der Waals surface area contributed by atoms with Gasteiger partial charge in [-0.15, -0.1) is 0 Å². The molecule has 0 heterocycles. The molecule has 0 saturated heterocycles.